The van der Waals surface area contributed by atoms with Crippen LogP contribution in [0.15, 0.2) is 54.6 Å². The van der Waals surface area contributed by atoms with E-state index in [0.29, 0.717) is 5.02 Å². The second-order valence-electron chi connectivity index (χ2n) is 8.63. The SMILES string of the molecule is CCc1ccc(Nc2cc(C(C)(C)C)nc3c(-c4ccccc4Cl)c(C)nn23)cc1. The van der Waals surface area contributed by atoms with E-state index in [9.17, 15) is 0 Å². The van der Waals surface area contributed by atoms with E-state index in [1.54, 1.807) is 0 Å². The number of hydrogen-bond acceptors (Lipinski definition) is 3. The van der Waals surface area contributed by atoms with E-state index in [-0.39, 0.29) is 5.41 Å². The summed E-state index contributed by atoms with van der Waals surface area (Å²) in [6, 6.07) is 18.4. The van der Waals surface area contributed by atoms with Gasteiger partial charge in [0.15, 0.2) is 5.65 Å². The van der Waals surface area contributed by atoms with Crippen LogP contribution in [0.3, 0.4) is 0 Å². The fourth-order valence-corrected chi connectivity index (χ4v) is 3.78. The fraction of sp³-hybridized carbons (Fsp3) is 0.280. The number of benzene rings is 2. The van der Waals surface area contributed by atoms with Crippen LogP contribution in [0, 0.1) is 6.92 Å². The second kappa shape index (κ2) is 7.77. The lowest BCUT2D eigenvalue weighted by atomic mass is 9.92. The quantitative estimate of drug-likeness (QED) is 0.389. The first-order chi connectivity index (χ1) is 14.3. The van der Waals surface area contributed by atoms with E-state index in [1.165, 1.54) is 5.56 Å². The van der Waals surface area contributed by atoms with Gasteiger partial charge in [-0.25, -0.2) is 4.98 Å². The van der Waals surface area contributed by atoms with Crippen molar-refractivity contribution in [2.45, 2.75) is 46.5 Å². The third-order valence-corrected chi connectivity index (χ3v) is 5.64. The lowest BCUT2D eigenvalue weighted by Crippen LogP contribution is -2.16. The normalized spacial score (nSPS) is 11.8. The first-order valence-corrected chi connectivity index (χ1v) is 10.7. The van der Waals surface area contributed by atoms with Gasteiger partial charge in [0, 0.05) is 27.8 Å². The maximum absolute atomic E-state index is 6.54. The molecule has 0 amide bonds. The highest BCUT2D eigenvalue weighted by Crippen LogP contribution is 2.35. The van der Waals surface area contributed by atoms with E-state index in [1.807, 2.05) is 35.7 Å². The number of fused-ring (bicyclic) bond motifs is 1. The number of anilines is 2. The molecule has 0 saturated heterocycles. The molecule has 154 valence electrons. The lowest BCUT2D eigenvalue weighted by molar-refractivity contribution is 0.569. The average Bonchev–Trinajstić information content (AvgIpc) is 3.04. The monoisotopic (exact) mass is 418 g/mol. The number of rotatable bonds is 4. The number of aromatic nitrogens is 3. The Bertz CT molecular complexity index is 1200. The van der Waals surface area contributed by atoms with Crippen molar-refractivity contribution in [1.29, 1.82) is 0 Å². The smallest absolute Gasteiger partial charge is 0.165 e. The largest absolute Gasteiger partial charge is 0.340 e. The van der Waals surface area contributed by atoms with Crippen molar-refractivity contribution in [3.05, 3.63) is 76.6 Å². The minimum Gasteiger partial charge on any atom is -0.340 e. The van der Waals surface area contributed by atoms with Crippen molar-refractivity contribution in [3.8, 4) is 11.1 Å². The molecule has 2 aromatic carbocycles. The molecular weight excluding hydrogens is 392 g/mol. The Balaban J connectivity index is 1.93. The Morgan fingerprint density at radius 3 is 2.37 bits per heavy atom. The lowest BCUT2D eigenvalue weighted by Gasteiger charge is -2.20. The zero-order chi connectivity index (χ0) is 21.5. The van der Waals surface area contributed by atoms with Crippen LogP contribution in [0.4, 0.5) is 11.5 Å². The summed E-state index contributed by atoms with van der Waals surface area (Å²) in [5, 5.41) is 9.06. The molecule has 30 heavy (non-hydrogen) atoms. The van der Waals surface area contributed by atoms with Gasteiger partial charge in [-0.2, -0.15) is 9.61 Å². The molecule has 2 aromatic heterocycles. The van der Waals surface area contributed by atoms with Gasteiger partial charge >= 0.3 is 0 Å². The highest BCUT2D eigenvalue weighted by Gasteiger charge is 2.23. The zero-order valence-electron chi connectivity index (χ0n) is 18.1. The Hall–Kier alpha value is -2.85. The predicted molar refractivity (Wildman–Crippen MR) is 126 cm³/mol. The van der Waals surface area contributed by atoms with Crippen LogP contribution >= 0.6 is 11.6 Å². The van der Waals surface area contributed by atoms with Gasteiger partial charge in [0.2, 0.25) is 0 Å². The zero-order valence-corrected chi connectivity index (χ0v) is 18.9. The first kappa shape index (κ1) is 20.4. The summed E-state index contributed by atoms with van der Waals surface area (Å²) in [4.78, 5) is 5.02. The van der Waals surface area contributed by atoms with Crippen LogP contribution in [0.1, 0.15) is 44.6 Å². The van der Waals surface area contributed by atoms with Gasteiger partial charge in [0.1, 0.15) is 5.82 Å². The highest BCUT2D eigenvalue weighted by atomic mass is 35.5. The maximum atomic E-state index is 6.54. The fourth-order valence-electron chi connectivity index (χ4n) is 3.55. The molecule has 1 N–H and O–H groups in total. The molecule has 4 nitrogen and oxygen atoms in total. The Labute approximate surface area is 182 Å². The summed E-state index contributed by atoms with van der Waals surface area (Å²) < 4.78 is 1.89. The Morgan fingerprint density at radius 2 is 1.73 bits per heavy atom. The molecule has 5 heteroatoms. The van der Waals surface area contributed by atoms with E-state index < -0.39 is 0 Å². The molecule has 0 unspecified atom stereocenters. The molecule has 0 radical (unpaired) electrons. The molecule has 0 atom stereocenters. The number of nitrogens with one attached hydrogen (secondary N) is 1. The standard InChI is InChI=1S/C25H27ClN4/c1-6-17-11-13-18(14-12-17)27-22-15-21(25(3,4)5)28-24-23(16(2)29-30(22)24)19-9-7-8-10-20(19)26/h7-15,27H,6H2,1-5H3. The Morgan fingerprint density at radius 1 is 1.03 bits per heavy atom. The van der Waals surface area contributed by atoms with Gasteiger partial charge in [-0.3, -0.25) is 0 Å². The summed E-state index contributed by atoms with van der Waals surface area (Å²) in [5.74, 6) is 0.885. The van der Waals surface area contributed by atoms with Gasteiger partial charge in [0.05, 0.1) is 17.0 Å². The van der Waals surface area contributed by atoms with Crippen molar-refractivity contribution >= 4 is 28.8 Å². The van der Waals surface area contributed by atoms with Crippen LogP contribution in [0.5, 0.6) is 0 Å². The van der Waals surface area contributed by atoms with Crippen molar-refractivity contribution in [2.75, 3.05) is 5.32 Å². The van der Waals surface area contributed by atoms with Crippen molar-refractivity contribution < 1.29 is 0 Å². The van der Waals surface area contributed by atoms with E-state index in [0.717, 1.165) is 46.1 Å². The summed E-state index contributed by atoms with van der Waals surface area (Å²) in [7, 11) is 0. The Kier molecular flexibility index (Phi) is 5.29. The second-order valence-corrected chi connectivity index (χ2v) is 9.03. The van der Waals surface area contributed by atoms with Crippen LogP contribution in [0.2, 0.25) is 5.02 Å². The molecule has 4 rings (SSSR count). The topological polar surface area (TPSA) is 42.2 Å². The minimum absolute atomic E-state index is 0.111. The molecule has 2 heterocycles. The molecule has 4 aromatic rings. The van der Waals surface area contributed by atoms with Gasteiger partial charge in [-0.1, -0.05) is 69.6 Å². The van der Waals surface area contributed by atoms with Crippen LogP contribution in [0.25, 0.3) is 16.8 Å². The molecule has 0 aliphatic heterocycles. The van der Waals surface area contributed by atoms with Gasteiger partial charge in [0.25, 0.3) is 0 Å². The van der Waals surface area contributed by atoms with Crippen molar-refractivity contribution in [2.24, 2.45) is 0 Å². The van der Waals surface area contributed by atoms with Gasteiger partial charge < -0.3 is 5.32 Å². The predicted octanol–water partition coefficient (Wildman–Crippen LogP) is 6.96. The first-order valence-electron chi connectivity index (χ1n) is 10.3. The van der Waals surface area contributed by atoms with E-state index >= 15 is 0 Å². The highest BCUT2D eigenvalue weighted by molar-refractivity contribution is 6.33. The number of hydrogen-bond donors (Lipinski definition) is 1. The number of halogens is 1. The van der Waals surface area contributed by atoms with Crippen molar-refractivity contribution in [3.63, 3.8) is 0 Å². The molecule has 0 fully saturated rings. The summed E-state index contributed by atoms with van der Waals surface area (Å²) >= 11 is 6.54. The third kappa shape index (κ3) is 3.80. The maximum Gasteiger partial charge on any atom is 0.165 e. The summed E-state index contributed by atoms with van der Waals surface area (Å²) in [5.41, 5.74) is 6.83. The summed E-state index contributed by atoms with van der Waals surface area (Å²) in [6.45, 7) is 10.7. The molecule has 0 aliphatic rings. The van der Waals surface area contributed by atoms with Crippen LogP contribution in [-0.2, 0) is 11.8 Å². The van der Waals surface area contributed by atoms with Crippen LogP contribution < -0.4 is 5.32 Å². The van der Waals surface area contributed by atoms with E-state index in [2.05, 4.69) is 63.3 Å². The van der Waals surface area contributed by atoms with E-state index in [4.69, 9.17) is 21.7 Å². The van der Waals surface area contributed by atoms with Crippen LogP contribution in [-0.4, -0.2) is 14.6 Å². The molecule has 0 bridgehead atoms. The third-order valence-electron chi connectivity index (χ3n) is 5.31. The molecule has 0 spiro atoms. The molecule has 0 saturated carbocycles. The average molecular weight is 419 g/mol. The molecule has 0 aliphatic carbocycles. The molecular formula is C25H27ClN4. The summed E-state index contributed by atoms with van der Waals surface area (Å²) in [6.07, 6.45) is 1.02. The van der Waals surface area contributed by atoms with Gasteiger partial charge in [-0.15, -0.1) is 0 Å². The van der Waals surface area contributed by atoms with Crippen molar-refractivity contribution in [1.82, 2.24) is 14.6 Å². The van der Waals surface area contributed by atoms with Gasteiger partial charge in [-0.05, 0) is 37.1 Å². The minimum atomic E-state index is -0.111. The number of aryl methyl sites for hydroxylation is 2. The number of nitrogens with zero attached hydrogens (tertiary/aromatic N) is 3.